The summed E-state index contributed by atoms with van der Waals surface area (Å²) in [6.45, 7) is 2.13. The first-order chi connectivity index (χ1) is 13.9. The van der Waals surface area contributed by atoms with Crippen molar-refractivity contribution in [1.29, 1.82) is 0 Å². The minimum Gasteiger partial charge on any atom is -0.491 e. The Labute approximate surface area is 177 Å². The van der Waals surface area contributed by atoms with Gasteiger partial charge in [0.15, 0.2) is 0 Å². The molecule has 0 fully saturated rings. The van der Waals surface area contributed by atoms with Crippen molar-refractivity contribution in [2.45, 2.75) is 19.8 Å². The maximum Gasteiger partial charge on any atom is 0.228 e. The molecule has 29 heavy (non-hydrogen) atoms. The summed E-state index contributed by atoms with van der Waals surface area (Å²) < 4.78 is 19.6. The van der Waals surface area contributed by atoms with E-state index >= 15 is 0 Å². The zero-order valence-electron chi connectivity index (χ0n) is 15.6. The Bertz CT molecular complexity index is 1120. The lowest BCUT2D eigenvalue weighted by atomic mass is 10.0. The Hall–Kier alpha value is -2.63. The first-order valence-electron chi connectivity index (χ1n) is 9.07. The smallest absolute Gasteiger partial charge is 0.228 e. The molecule has 4 nitrogen and oxygen atoms in total. The molecule has 3 aromatic rings. The second-order valence-electron chi connectivity index (χ2n) is 6.82. The molecule has 0 saturated heterocycles. The summed E-state index contributed by atoms with van der Waals surface area (Å²) in [6.07, 6.45) is 2.52. The van der Waals surface area contributed by atoms with Crippen LogP contribution in [0.2, 0.25) is 10.0 Å². The van der Waals surface area contributed by atoms with Crippen LogP contribution in [0.1, 0.15) is 16.8 Å². The summed E-state index contributed by atoms with van der Waals surface area (Å²) in [5.41, 5.74) is 4.91. The Morgan fingerprint density at radius 3 is 2.83 bits per heavy atom. The number of carbonyl (C=O) groups excluding carboxylic acids is 1. The Kier molecular flexibility index (Phi) is 5.43. The lowest BCUT2D eigenvalue weighted by Crippen LogP contribution is -2.05. The first-order valence-corrected chi connectivity index (χ1v) is 9.83. The van der Waals surface area contributed by atoms with Gasteiger partial charge in [-0.25, -0.2) is 4.39 Å². The molecule has 1 aromatic heterocycles. The second kappa shape index (κ2) is 8.01. The summed E-state index contributed by atoms with van der Waals surface area (Å²) in [5.74, 6) is 0.120. The van der Waals surface area contributed by atoms with E-state index in [1.165, 1.54) is 12.1 Å². The number of ether oxygens (including phenoxy) is 1. The van der Waals surface area contributed by atoms with Crippen LogP contribution in [0.3, 0.4) is 0 Å². The van der Waals surface area contributed by atoms with Crippen molar-refractivity contribution in [2.75, 3.05) is 11.9 Å². The molecule has 4 rings (SSSR count). The van der Waals surface area contributed by atoms with Gasteiger partial charge in [-0.3, -0.25) is 9.78 Å². The molecule has 2 aromatic carbocycles. The average molecular weight is 431 g/mol. The molecule has 1 aliphatic rings. The van der Waals surface area contributed by atoms with Crippen molar-refractivity contribution < 1.29 is 13.9 Å². The number of hydrogen-bond donors (Lipinski definition) is 1. The number of aromatic nitrogens is 1. The van der Waals surface area contributed by atoms with Crippen LogP contribution in [-0.2, 0) is 17.6 Å². The third kappa shape index (κ3) is 4.07. The van der Waals surface area contributed by atoms with E-state index in [2.05, 4.69) is 10.3 Å². The predicted molar refractivity (Wildman–Crippen MR) is 112 cm³/mol. The van der Waals surface area contributed by atoms with E-state index in [-0.39, 0.29) is 17.5 Å². The number of rotatable bonds is 5. The fourth-order valence-electron chi connectivity index (χ4n) is 3.29. The van der Waals surface area contributed by atoms with Gasteiger partial charge in [0.2, 0.25) is 5.91 Å². The van der Waals surface area contributed by atoms with Crippen molar-refractivity contribution >= 4 is 34.8 Å². The maximum atomic E-state index is 13.7. The van der Waals surface area contributed by atoms with Crippen LogP contribution in [0.5, 0.6) is 5.75 Å². The largest absolute Gasteiger partial charge is 0.491 e. The molecule has 0 aliphatic carbocycles. The number of anilines is 1. The highest BCUT2D eigenvalue weighted by atomic mass is 35.5. The molecule has 0 unspecified atom stereocenters. The van der Waals surface area contributed by atoms with Gasteiger partial charge in [0, 0.05) is 28.9 Å². The molecule has 1 amide bonds. The molecule has 0 bridgehead atoms. The Balaban J connectivity index is 1.52. The summed E-state index contributed by atoms with van der Waals surface area (Å²) in [6, 6.07) is 10.4. The third-order valence-corrected chi connectivity index (χ3v) is 5.62. The molecular formula is C22H17Cl2FN2O2. The molecule has 0 saturated carbocycles. The molecule has 148 valence electrons. The van der Waals surface area contributed by atoms with Crippen LogP contribution in [0, 0.1) is 12.7 Å². The topological polar surface area (TPSA) is 51.2 Å². The van der Waals surface area contributed by atoms with Crippen molar-refractivity contribution in [3.63, 3.8) is 0 Å². The number of carbonyl (C=O) groups is 1. The van der Waals surface area contributed by atoms with Crippen molar-refractivity contribution in [1.82, 2.24) is 4.98 Å². The van der Waals surface area contributed by atoms with Crippen molar-refractivity contribution in [3.05, 3.63) is 75.3 Å². The number of halogens is 3. The quantitative estimate of drug-likeness (QED) is 0.534. The highest BCUT2D eigenvalue weighted by Gasteiger charge is 2.18. The summed E-state index contributed by atoms with van der Waals surface area (Å²) in [5, 5.41) is 3.25. The fourth-order valence-corrected chi connectivity index (χ4v) is 3.85. The monoisotopic (exact) mass is 430 g/mol. The van der Waals surface area contributed by atoms with Crippen molar-refractivity contribution in [3.8, 4) is 16.9 Å². The van der Waals surface area contributed by atoms with Crippen LogP contribution < -0.4 is 10.1 Å². The van der Waals surface area contributed by atoms with E-state index in [0.717, 1.165) is 28.1 Å². The van der Waals surface area contributed by atoms with Crippen LogP contribution >= 0.6 is 23.2 Å². The van der Waals surface area contributed by atoms with Gasteiger partial charge >= 0.3 is 0 Å². The zero-order chi connectivity index (χ0) is 20.5. The Morgan fingerprint density at radius 2 is 2.00 bits per heavy atom. The summed E-state index contributed by atoms with van der Waals surface area (Å²) in [4.78, 5) is 16.0. The molecule has 1 aliphatic heterocycles. The number of benzene rings is 2. The first kappa shape index (κ1) is 19.7. The average Bonchev–Trinajstić information content (AvgIpc) is 3.08. The van der Waals surface area contributed by atoms with Gasteiger partial charge in [0.05, 0.1) is 23.7 Å². The molecule has 0 radical (unpaired) electrons. The van der Waals surface area contributed by atoms with Crippen LogP contribution in [0.25, 0.3) is 11.1 Å². The van der Waals surface area contributed by atoms with Crippen LogP contribution in [-0.4, -0.2) is 17.5 Å². The van der Waals surface area contributed by atoms with Gasteiger partial charge in [-0.15, -0.1) is 0 Å². The highest BCUT2D eigenvalue weighted by Crippen LogP contribution is 2.32. The normalized spacial score (nSPS) is 12.6. The SMILES string of the molecule is Cc1ncc(-c2ccc3c(c2)CC(=O)N3)cc1OCCc1c(Cl)ccc(F)c1Cl. The standard InChI is InChI=1S/C22H17Cl2FN2O2/c1-12-20(29-7-6-16-17(23)3-4-18(25)22(16)24)9-15(11-26-12)13-2-5-19-14(8-13)10-21(28)27-19/h2-5,8-9,11H,6-7,10H2,1H3,(H,27,28). The van der Waals surface area contributed by atoms with Crippen molar-refractivity contribution in [2.24, 2.45) is 0 Å². The number of amides is 1. The summed E-state index contributed by atoms with van der Waals surface area (Å²) >= 11 is 12.1. The van der Waals surface area contributed by atoms with E-state index in [4.69, 9.17) is 27.9 Å². The van der Waals surface area contributed by atoms with E-state index in [1.54, 1.807) is 6.20 Å². The van der Waals surface area contributed by atoms with Crippen LogP contribution in [0.4, 0.5) is 10.1 Å². The molecule has 7 heteroatoms. The van der Waals surface area contributed by atoms with Gasteiger partial charge in [0.1, 0.15) is 11.6 Å². The minimum atomic E-state index is -0.504. The highest BCUT2D eigenvalue weighted by molar-refractivity contribution is 6.36. The lowest BCUT2D eigenvalue weighted by Gasteiger charge is -2.12. The second-order valence-corrected chi connectivity index (χ2v) is 7.61. The molecule has 0 spiro atoms. The number of hydrogen-bond acceptors (Lipinski definition) is 3. The van der Waals surface area contributed by atoms with E-state index in [9.17, 15) is 9.18 Å². The van der Waals surface area contributed by atoms with Gasteiger partial charge in [0.25, 0.3) is 0 Å². The Morgan fingerprint density at radius 1 is 1.17 bits per heavy atom. The molecule has 0 atom stereocenters. The fraction of sp³-hybridized carbons (Fsp3) is 0.182. The zero-order valence-corrected chi connectivity index (χ0v) is 17.1. The van der Waals surface area contributed by atoms with E-state index < -0.39 is 5.82 Å². The molecule has 1 N–H and O–H groups in total. The number of aryl methyl sites for hydroxylation is 1. The molecular weight excluding hydrogens is 414 g/mol. The van der Waals surface area contributed by atoms with Gasteiger partial charge in [-0.1, -0.05) is 29.3 Å². The minimum absolute atomic E-state index is 0.00197. The number of pyridine rings is 1. The van der Waals surface area contributed by atoms with Gasteiger partial charge < -0.3 is 10.1 Å². The van der Waals surface area contributed by atoms with Gasteiger partial charge in [-0.2, -0.15) is 0 Å². The molecule has 2 heterocycles. The number of nitrogens with zero attached hydrogens (tertiary/aromatic N) is 1. The van der Waals surface area contributed by atoms with Crippen LogP contribution in [0.15, 0.2) is 42.6 Å². The number of nitrogens with one attached hydrogen (secondary N) is 1. The predicted octanol–water partition coefficient (Wildman–Crippen LogP) is 5.62. The van der Waals surface area contributed by atoms with E-state index in [1.807, 2.05) is 31.2 Å². The van der Waals surface area contributed by atoms with E-state index in [0.29, 0.717) is 29.2 Å². The lowest BCUT2D eigenvalue weighted by molar-refractivity contribution is -0.115. The maximum absolute atomic E-state index is 13.7. The third-order valence-electron chi connectivity index (χ3n) is 4.85. The van der Waals surface area contributed by atoms with Gasteiger partial charge in [-0.05, 0) is 53.9 Å². The number of fused-ring (bicyclic) bond motifs is 1. The summed E-state index contributed by atoms with van der Waals surface area (Å²) in [7, 11) is 0.